The van der Waals surface area contributed by atoms with Gasteiger partial charge < -0.3 is 5.11 Å². The summed E-state index contributed by atoms with van der Waals surface area (Å²) in [7, 11) is 0. The monoisotopic (exact) mass is 168 g/mol. The number of hydrogen-bond donors (Lipinski definition) is 2. The first-order valence-electron chi connectivity index (χ1n) is 3.70. The number of carbonyl (C=O) groups is 1. The van der Waals surface area contributed by atoms with Crippen LogP contribution in [-0.2, 0) is 5.41 Å². The summed E-state index contributed by atoms with van der Waals surface area (Å²) in [6, 6.07) is 0. The molecule has 0 saturated carbocycles. The van der Waals surface area contributed by atoms with Crippen LogP contribution in [0.15, 0.2) is 6.20 Å². The molecule has 2 N–H and O–H groups in total. The Labute approximate surface area is 70.6 Å². The molecule has 0 aliphatic carbocycles. The van der Waals surface area contributed by atoms with Crippen LogP contribution < -0.4 is 0 Å². The Balaban J connectivity index is 3.17. The van der Waals surface area contributed by atoms with Gasteiger partial charge in [-0.05, 0) is 0 Å². The molecule has 1 aromatic rings. The fraction of sp³-hybridized carbons (Fsp3) is 0.500. The van der Waals surface area contributed by atoms with Crippen molar-refractivity contribution in [3.05, 3.63) is 17.5 Å². The van der Waals surface area contributed by atoms with Crippen molar-refractivity contribution in [1.29, 1.82) is 0 Å². The zero-order valence-electron chi connectivity index (χ0n) is 7.38. The van der Waals surface area contributed by atoms with Crippen LogP contribution in [0.3, 0.4) is 0 Å². The average Bonchev–Trinajstić information content (AvgIpc) is 2.30. The van der Waals surface area contributed by atoms with Gasteiger partial charge in [0.2, 0.25) is 0 Å². The fourth-order valence-corrected chi connectivity index (χ4v) is 1.02. The highest BCUT2D eigenvalue weighted by Gasteiger charge is 2.23. The Kier molecular flexibility index (Phi) is 1.92. The molecular formula is C8H12N2O2. The number of nitrogens with one attached hydrogen (secondary N) is 1. The molecule has 1 heterocycles. The summed E-state index contributed by atoms with van der Waals surface area (Å²) in [5.41, 5.74) is 0.616. The second-order valence-corrected chi connectivity index (χ2v) is 3.70. The van der Waals surface area contributed by atoms with Crippen molar-refractivity contribution in [2.75, 3.05) is 0 Å². The van der Waals surface area contributed by atoms with Gasteiger partial charge in [0.25, 0.3) is 0 Å². The van der Waals surface area contributed by atoms with E-state index in [0.717, 1.165) is 0 Å². The molecule has 0 fully saturated rings. The van der Waals surface area contributed by atoms with Gasteiger partial charge in [-0.15, -0.1) is 0 Å². The quantitative estimate of drug-likeness (QED) is 0.666. The minimum Gasteiger partial charge on any atom is -0.478 e. The van der Waals surface area contributed by atoms with Crippen molar-refractivity contribution in [3.8, 4) is 0 Å². The molecule has 0 atom stereocenters. The molecule has 1 rings (SSSR count). The summed E-state index contributed by atoms with van der Waals surface area (Å²) in [5.74, 6) is -0.936. The van der Waals surface area contributed by atoms with Gasteiger partial charge in [0.05, 0.1) is 5.69 Å². The standard InChI is InChI=1S/C8H12N2O2/c1-8(2,3)6-5(7(11)12)4-9-10-6/h4H,1-3H3,(H,9,10)(H,11,12). The number of rotatable bonds is 1. The predicted octanol–water partition coefficient (Wildman–Crippen LogP) is 1.41. The zero-order chi connectivity index (χ0) is 9.35. The smallest absolute Gasteiger partial charge is 0.339 e. The van der Waals surface area contributed by atoms with Gasteiger partial charge in [0.1, 0.15) is 5.56 Å². The van der Waals surface area contributed by atoms with Crippen molar-refractivity contribution >= 4 is 5.97 Å². The number of carboxylic acid groups (broad SMARTS) is 1. The van der Waals surface area contributed by atoms with E-state index in [-0.39, 0.29) is 11.0 Å². The second-order valence-electron chi connectivity index (χ2n) is 3.70. The third-order valence-corrected chi connectivity index (χ3v) is 1.58. The van der Waals surface area contributed by atoms with Gasteiger partial charge in [-0.25, -0.2) is 4.79 Å². The minimum atomic E-state index is -0.936. The number of aromatic amines is 1. The van der Waals surface area contributed by atoms with Crippen molar-refractivity contribution in [2.45, 2.75) is 26.2 Å². The molecule has 0 radical (unpaired) electrons. The lowest BCUT2D eigenvalue weighted by Crippen LogP contribution is -2.16. The van der Waals surface area contributed by atoms with Crippen molar-refractivity contribution in [2.24, 2.45) is 0 Å². The van der Waals surface area contributed by atoms with E-state index in [0.29, 0.717) is 5.69 Å². The molecule has 0 bridgehead atoms. The molecule has 0 amide bonds. The van der Waals surface area contributed by atoms with Crippen molar-refractivity contribution in [1.82, 2.24) is 10.2 Å². The van der Waals surface area contributed by atoms with Crippen LogP contribution in [0.5, 0.6) is 0 Å². The fourth-order valence-electron chi connectivity index (χ4n) is 1.02. The first kappa shape index (κ1) is 8.77. The average molecular weight is 168 g/mol. The Morgan fingerprint density at radius 2 is 2.17 bits per heavy atom. The van der Waals surface area contributed by atoms with Crippen LogP contribution in [0.2, 0.25) is 0 Å². The van der Waals surface area contributed by atoms with Gasteiger partial charge in [-0.2, -0.15) is 5.10 Å². The number of hydrogen-bond acceptors (Lipinski definition) is 2. The van der Waals surface area contributed by atoms with Crippen LogP contribution in [0.25, 0.3) is 0 Å². The third-order valence-electron chi connectivity index (χ3n) is 1.58. The van der Waals surface area contributed by atoms with E-state index in [1.165, 1.54) is 6.20 Å². The normalized spacial score (nSPS) is 11.6. The number of aromatic nitrogens is 2. The van der Waals surface area contributed by atoms with Gasteiger partial charge in [-0.3, -0.25) is 5.10 Å². The first-order valence-corrected chi connectivity index (χ1v) is 3.70. The van der Waals surface area contributed by atoms with E-state index in [9.17, 15) is 4.79 Å². The minimum absolute atomic E-state index is 0.228. The number of nitrogens with zero attached hydrogens (tertiary/aromatic N) is 1. The highest BCUT2D eigenvalue weighted by Crippen LogP contribution is 2.22. The van der Waals surface area contributed by atoms with Crippen LogP contribution in [0.4, 0.5) is 0 Å². The van der Waals surface area contributed by atoms with Crippen LogP contribution in [0.1, 0.15) is 36.8 Å². The van der Waals surface area contributed by atoms with E-state index in [1.54, 1.807) is 0 Å². The molecule has 0 saturated heterocycles. The molecule has 0 aromatic carbocycles. The molecule has 4 heteroatoms. The molecule has 0 aliphatic heterocycles. The first-order chi connectivity index (χ1) is 5.43. The summed E-state index contributed by atoms with van der Waals surface area (Å²) < 4.78 is 0. The number of H-pyrrole nitrogens is 1. The summed E-state index contributed by atoms with van der Waals surface area (Å²) in [4.78, 5) is 10.7. The van der Waals surface area contributed by atoms with Gasteiger partial charge in [-0.1, -0.05) is 20.8 Å². The Hall–Kier alpha value is -1.32. The topological polar surface area (TPSA) is 66.0 Å². The van der Waals surface area contributed by atoms with E-state index in [4.69, 9.17) is 5.11 Å². The third kappa shape index (κ3) is 1.47. The van der Waals surface area contributed by atoms with Crippen LogP contribution in [0, 0.1) is 0 Å². The lowest BCUT2D eigenvalue weighted by molar-refractivity contribution is 0.0694. The van der Waals surface area contributed by atoms with Crippen molar-refractivity contribution in [3.63, 3.8) is 0 Å². The SMILES string of the molecule is CC(C)(C)c1n[nH]cc1C(=O)O. The summed E-state index contributed by atoms with van der Waals surface area (Å²) in [5, 5.41) is 15.2. The maximum Gasteiger partial charge on any atom is 0.339 e. The van der Waals surface area contributed by atoms with E-state index in [1.807, 2.05) is 20.8 Å². The molecule has 0 spiro atoms. The van der Waals surface area contributed by atoms with Crippen molar-refractivity contribution < 1.29 is 9.90 Å². The molecule has 0 unspecified atom stereocenters. The largest absolute Gasteiger partial charge is 0.478 e. The van der Waals surface area contributed by atoms with E-state index in [2.05, 4.69) is 10.2 Å². The maximum atomic E-state index is 10.7. The number of aromatic carboxylic acids is 1. The maximum absolute atomic E-state index is 10.7. The molecule has 12 heavy (non-hydrogen) atoms. The van der Waals surface area contributed by atoms with E-state index >= 15 is 0 Å². The lowest BCUT2D eigenvalue weighted by Gasteiger charge is -2.15. The van der Waals surface area contributed by atoms with Crippen LogP contribution >= 0.6 is 0 Å². The highest BCUT2D eigenvalue weighted by molar-refractivity contribution is 5.88. The summed E-state index contributed by atoms with van der Waals surface area (Å²) in [6.45, 7) is 5.78. The Morgan fingerprint density at radius 3 is 2.50 bits per heavy atom. The van der Waals surface area contributed by atoms with Crippen LogP contribution in [-0.4, -0.2) is 21.3 Å². The molecular weight excluding hydrogens is 156 g/mol. The van der Waals surface area contributed by atoms with Gasteiger partial charge in [0.15, 0.2) is 0 Å². The summed E-state index contributed by atoms with van der Waals surface area (Å²) in [6.07, 6.45) is 1.41. The Bertz CT molecular complexity index is 296. The second kappa shape index (κ2) is 2.62. The van der Waals surface area contributed by atoms with E-state index < -0.39 is 5.97 Å². The Morgan fingerprint density at radius 1 is 1.58 bits per heavy atom. The predicted molar refractivity (Wildman–Crippen MR) is 44.2 cm³/mol. The zero-order valence-corrected chi connectivity index (χ0v) is 7.38. The molecule has 4 nitrogen and oxygen atoms in total. The molecule has 66 valence electrons. The van der Waals surface area contributed by atoms with Gasteiger partial charge in [0, 0.05) is 11.6 Å². The highest BCUT2D eigenvalue weighted by atomic mass is 16.4. The molecule has 1 aromatic heterocycles. The van der Waals surface area contributed by atoms with Gasteiger partial charge >= 0.3 is 5.97 Å². The molecule has 0 aliphatic rings. The lowest BCUT2D eigenvalue weighted by atomic mass is 9.90. The summed E-state index contributed by atoms with van der Waals surface area (Å²) >= 11 is 0. The number of carboxylic acids is 1.